The average Bonchev–Trinajstić information content (AvgIpc) is 3.12. The lowest BCUT2D eigenvalue weighted by atomic mass is 10.2. The van der Waals surface area contributed by atoms with Crippen molar-refractivity contribution in [3.05, 3.63) is 71.1 Å². The zero-order chi connectivity index (χ0) is 17.2. The molecule has 0 aliphatic heterocycles. The van der Waals surface area contributed by atoms with Crippen LogP contribution in [0.15, 0.2) is 64.2 Å². The van der Waals surface area contributed by atoms with E-state index in [1.807, 2.05) is 36.4 Å². The van der Waals surface area contributed by atoms with Gasteiger partial charge in [0.05, 0.1) is 29.9 Å². The maximum atomic E-state index is 12.5. The smallest absolute Gasteiger partial charge is 0.261 e. The molecule has 2 aromatic heterocycles. The van der Waals surface area contributed by atoms with Gasteiger partial charge < -0.3 is 9.26 Å². The van der Waals surface area contributed by atoms with Gasteiger partial charge in [0.15, 0.2) is 0 Å². The Morgan fingerprint density at radius 1 is 1.12 bits per heavy atom. The first kappa shape index (κ1) is 15.1. The molecule has 0 atom stereocenters. The third kappa shape index (κ3) is 2.76. The van der Waals surface area contributed by atoms with E-state index in [9.17, 15) is 4.79 Å². The molecule has 0 aliphatic carbocycles. The second kappa shape index (κ2) is 6.20. The van der Waals surface area contributed by atoms with Gasteiger partial charge in [-0.2, -0.15) is 4.98 Å². The quantitative estimate of drug-likeness (QED) is 0.570. The number of aromatic nitrogens is 4. The molecule has 4 rings (SSSR count). The first-order valence-corrected chi connectivity index (χ1v) is 7.66. The van der Waals surface area contributed by atoms with Crippen LogP contribution < -0.4 is 10.3 Å². The third-order valence-electron chi connectivity index (χ3n) is 3.85. The summed E-state index contributed by atoms with van der Waals surface area (Å²) in [4.78, 5) is 21.2. The number of fused-ring (bicyclic) bond motifs is 1. The molecule has 0 aliphatic rings. The summed E-state index contributed by atoms with van der Waals surface area (Å²) >= 11 is 0. The monoisotopic (exact) mass is 334 g/mol. The van der Waals surface area contributed by atoms with Gasteiger partial charge in [0.1, 0.15) is 12.3 Å². The Labute approximate surface area is 142 Å². The van der Waals surface area contributed by atoms with Crippen molar-refractivity contribution in [1.29, 1.82) is 0 Å². The minimum atomic E-state index is -0.150. The van der Waals surface area contributed by atoms with E-state index in [0.29, 0.717) is 28.4 Å². The van der Waals surface area contributed by atoms with Gasteiger partial charge >= 0.3 is 0 Å². The summed E-state index contributed by atoms with van der Waals surface area (Å²) in [7, 11) is 1.58. The maximum Gasteiger partial charge on any atom is 0.261 e. The number of nitrogens with zero attached hydrogens (tertiary/aromatic N) is 4. The van der Waals surface area contributed by atoms with E-state index in [-0.39, 0.29) is 12.1 Å². The highest BCUT2D eigenvalue weighted by atomic mass is 16.5. The van der Waals surface area contributed by atoms with Gasteiger partial charge in [-0.3, -0.25) is 9.36 Å². The normalized spacial score (nSPS) is 10.9. The number of hydrogen-bond donors (Lipinski definition) is 0. The van der Waals surface area contributed by atoms with Crippen LogP contribution in [-0.2, 0) is 6.54 Å². The molecule has 0 saturated heterocycles. The molecule has 0 fully saturated rings. The van der Waals surface area contributed by atoms with Crippen LogP contribution in [-0.4, -0.2) is 26.8 Å². The van der Waals surface area contributed by atoms with Crippen LogP contribution in [0.25, 0.3) is 22.3 Å². The van der Waals surface area contributed by atoms with Gasteiger partial charge in [-0.15, -0.1) is 0 Å². The Bertz CT molecular complexity index is 1100. The average molecular weight is 334 g/mol. The molecular weight excluding hydrogens is 320 g/mol. The summed E-state index contributed by atoms with van der Waals surface area (Å²) in [5.41, 5.74) is 1.23. The summed E-state index contributed by atoms with van der Waals surface area (Å²) in [6.45, 7) is 0.152. The van der Waals surface area contributed by atoms with Crippen LogP contribution in [0, 0.1) is 0 Å². The molecule has 0 radical (unpaired) electrons. The van der Waals surface area contributed by atoms with Crippen LogP contribution in [0.1, 0.15) is 5.89 Å². The van der Waals surface area contributed by atoms with Crippen LogP contribution in [0.5, 0.6) is 5.75 Å². The summed E-state index contributed by atoms with van der Waals surface area (Å²) in [5.74, 6) is 1.38. The highest BCUT2D eigenvalue weighted by molar-refractivity contribution is 5.76. The Morgan fingerprint density at radius 2 is 1.92 bits per heavy atom. The minimum absolute atomic E-state index is 0.150. The van der Waals surface area contributed by atoms with Crippen molar-refractivity contribution in [2.45, 2.75) is 6.54 Å². The number of rotatable bonds is 4. The summed E-state index contributed by atoms with van der Waals surface area (Å²) < 4.78 is 12.0. The fourth-order valence-electron chi connectivity index (χ4n) is 2.62. The van der Waals surface area contributed by atoms with E-state index in [1.54, 1.807) is 19.2 Å². The molecule has 2 aromatic carbocycles. The zero-order valence-electron chi connectivity index (χ0n) is 13.4. The summed E-state index contributed by atoms with van der Waals surface area (Å²) in [6.07, 6.45) is 1.48. The summed E-state index contributed by atoms with van der Waals surface area (Å²) in [6, 6.07) is 14.6. The molecule has 0 unspecified atom stereocenters. The third-order valence-corrected chi connectivity index (χ3v) is 3.85. The van der Waals surface area contributed by atoms with Crippen LogP contribution >= 0.6 is 0 Å². The molecule has 2 heterocycles. The molecule has 7 nitrogen and oxygen atoms in total. The van der Waals surface area contributed by atoms with Crippen LogP contribution in [0.3, 0.4) is 0 Å². The van der Waals surface area contributed by atoms with Crippen molar-refractivity contribution >= 4 is 10.9 Å². The number of methoxy groups -OCH3 is 1. The largest absolute Gasteiger partial charge is 0.496 e. The van der Waals surface area contributed by atoms with Gasteiger partial charge in [-0.1, -0.05) is 29.4 Å². The van der Waals surface area contributed by atoms with Gasteiger partial charge in [-0.05, 0) is 24.3 Å². The number of hydrogen-bond acceptors (Lipinski definition) is 6. The molecule has 0 amide bonds. The lowest BCUT2D eigenvalue weighted by Crippen LogP contribution is -2.21. The van der Waals surface area contributed by atoms with Gasteiger partial charge in [0.25, 0.3) is 5.56 Å². The first-order valence-electron chi connectivity index (χ1n) is 7.66. The molecule has 0 spiro atoms. The van der Waals surface area contributed by atoms with Crippen molar-refractivity contribution in [3.63, 3.8) is 0 Å². The van der Waals surface area contributed by atoms with E-state index in [0.717, 1.165) is 5.56 Å². The second-order valence-electron chi connectivity index (χ2n) is 5.41. The highest BCUT2D eigenvalue weighted by Crippen LogP contribution is 2.27. The molecular formula is C18H14N4O3. The highest BCUT2D eigenvalue weighted by Gasteiger charge is 2.14. The zero-order valence-corrected chi connectivity index (χ0v) is 13.4. The van der Waals surface area contributed by atoms with Crippen molar-refractivity contribution in [2.75, 3.05) is 7.11 Å². The van der Waals surface area contributed by atoms with E-state index >= 15 is 0 Å². The SMILES string of the molecule is COc1ccccc1-c1noc(Cn2cnc3ccccc3c2=O)n1. The molecule has 0 saturated carbocycles. The Hall–Kier alpha value is -3.48. The Kier molecular flexibility index (Phi) is 3.74. The van der Waals surface area contributed by atoms with Crippen molar-refractivity contribution in [3.8, 4) is 17.1 Å². The number of ether oxygens (including phenoxy) is 1. The second-order valence-corrected chi connectivity index (χ2v) is 5.41. The number of para-hydroxylation sites is 2. The molecule has 124 valence electrons. The molecule has 25 heavy (non-hydrogen) atoms. The fourth-order valence-corrected chi connectivity index (χ4v) is 2.62. The van der Waals surface area contributed by atoms with E-state index < -0.39 is 0 Å². The van der Waals surface area contributed by atoms with E-state index in [4.69, 9.17) is 9.26 Å². The minimum Gasteiger partial charge on any atom is -0.496 e. The lowest BCUT2D eigenvalue weighted by molar-refractivity contribution is 0.369. The Morgan fingerprint density at radius 3 is 2.80 bits per heavy atom. The lowest BCUT2D eigenvalue weighted by Gasteiger charge is -2.03. The Balaban J connectivity index is 1.68. The standard InChI is InChI=1S/C18H14N4O3/c1-24-15-9-5-3-7-13(15)17-20-16(25-21-17)10-22-11-19-14-8-4-2-6-12(14)18(22)23/h2-9,11H,10H2,1H3. The topological polar surface area (TPSA) is 83.0 Å². The van der Waals surface area contributed by atoms with E-state index in [2.05, 4.69) is 15.1 Å². The number of benzene rings is 2. The van der Waals surface area contributed by atoms with Crippen molar-refractivity contribution < 1.29 is 9.26 Å². The molecule has 0 bridgehead atoms. The van der Waals surface area contributed by atoms with Crippen LogP contribution in [0.4, 0.5) is 0 Å². The van der Waals surface area contributed by atoms with Crippen molar-refractivity contribution in [1.82, 2.24) is 19.7 Å². The maximum absolute atomic E-state index is 12.5. The van der Waals surface area contributed by atoms with Gasteiger partial charge in [-0.25, -0.2) is 4.98 Å². The van der Waals surface area contributed by atoms with Crippen LogP contribution in [0.2, 0.25) is 0 Å². The first-order chi connectivity index (χ1) is 12.3. The summed E-state index contributed by atoms with van der Waals surface area (Å²) in [5, 5.41) is 4.53. The van der Waals surface area contributed by atoms with Gasteiger partial charge in [0, 0.05) is 0 Å². The van der Waals surface area contributed by atoms with Gasteiger partial charge in [0.2, 0.25) is 11.7 Å². The predicted molar refractivity (Wildman–Crippen MR) is 91.4 cm³/mol. The van der Waals surface area contributed by atoms with E-state index in [1.165, 1.54) is 10.9 Å². The molecule has 0 N–H and O–H groups in total. The predicted octanol–water partition coefficient (Wildman–Crippen LogP) is 2.50. The van der Waals surface area contributed by atoms with Crippen molar-refractivity contribution in [2.24, 2.45) is 0 Å². The molecule has 7 heteroatoms. The fraction of sp³-hybridized carbons (Fsp3) is 0.111. The molecule has 4 aromatic rings.